The second-order valence-corrected chi connectivity index (χ2v) is 3.63. The zero-order chi connectivity index (χ0) is 11.7. The van der Waals surface area contributed by atoms with E-state index in [0.717, 1.165) is 25.7 Å². The molecule has 90 valence electrons. The second-order valence-electron chi connectivity index (χ2n) is 3.63. The van der Waals surface area contributed by atoms with E-state index in [1.54, 1.807) is 0 Å². The molecule has 0 saturated heterocycles. The summed E-state index contributed by atoms with van der Waals surface area (Å²) >= 11 is 0. The third-order valence-corrected chi connectivity index (χ3v) is 2.21. The van der Waals surface area contributed by atoms with Gasteiger partial charge in [-0.25, -0.2) is 4.79 Å². The summed E-state index contributed by atoms with van der Waals surface area (Å²) in [6, 6.07) is -0.482. The smallest absolute Gasteiger partial charge is 0.328 e. The normalized spacial score (nSPS) is 11.9. The maximum atomic E-state index is 11.3. The number of esters is 1. The predicted molar refractivity (Wildman–Crippen MR) is 60.5 cm³/mol. The van der Waals surface area contributed by atoms with Crippen molar-refractivity contribution in [2.24, 2.45) is 0 Å². The van der Waals surface area contributed by atoms with E-state index in [0.29, 0.717) is 6.42 Å². The number of hydrogen-bond donors (Lipinski definition) is 1. The van der Waals surface area contributed by atoms with Crippen LogP contribution in [0.3, 0.4) is 0 Å². The molecule has 1 amide bonds. The number of unbranched alkanes of at least 4 members (excludes halogenated alkanes) is 3. The molecule has 1 atom stereocenters. The Morgan fingerprint density at radius 3 is 2.47 bits per heavy atom. The van der Waals surface area contributed by atoms with Gasteiger partial charge in [0.15, 0.2) is 0 Å². The maximum absolute atomic E-state index is 11.3. The minimum atomic E-state index is -0.482. The monoisotopic (exact) mass is 217 g/mol. The van der Waals surface area contributed by atoms with Crippen LogP contribution >= 0.6 is 0 Å². The Bertz CT molecular complexity index is 209. The molecule has 0 aliphatic rings. The molecule has 0 rings (SSSR count). The fourth-order valence-corrected chi connectivity index (χ4v) is 1.41. The van der Waals surface area contributed by atoms with Crippen LogP contribution in [0.1, 0.15) is 47.4 Å². The van der Waals surface area contributed by atoms with Crippen LogP contribution in [-0.2, 0) is 14.3 Å². The van der Waals surface area contributed by atoms with E-state index in [9.17, 15) is 9.59 Å². The van der Waals surface area contributed by atoms with E-state index in [4.69, 9.17) is 0 Å². The van der Waals surface area contributed by atoms with E-state index >= 15 is 0 Å². The Kier molecular flexibility index (Phi) is 7.68. The third kappa shape index (κ3) is 6.94. The highest BCUT2D eigenvalue weighted by molar-refractivity contribution is 5.83. The topological polar surface area (TPSA) is 55.4 Å². The second kappa shape index (κ2) is 8.26. The minimum Gasteiger partial charge on any atom is -0.467 e. The molecule has 0 bridgehead atoms. The molecular formula is C11H23NO3. The first-order valence-corrected chi connectivity index (χ1v) is 5.46. The number of methoxy groups -OCH3 is 1. The summed E-state index contributed by atoms with van der Waals surface area (Å²) in [7, 11) is 1.34. The lowest BCUT2D eigenvalue weighted by atomic mass is 10.1. The lowest BCUT2D eigenvalue weighted by Gasteiger charge is -2.14. The fourth-order valence-electron chi connectivity index (χ4n) is 1.41. The molecule has 0 unspecified atom stereocenters. The lowest BCUT2D eigenvalue weighted by molar-refractivity contribution is -0.145. The van der Waals surface area contributed by atoms with Crippen LogP contribution in [0.4, 0.5) is 0 Å². The van der Waals surface area contributed by atoms with Crippen LogP contribution in [-0.4, -0.2) is 25.0 Å². The van der Waals surface area contributed by atoms with Crippen molar-refractivity contribution >= 4 is 11.9 Å². The molecule has 0 heterocycles. The van der Waals surface area contributed by atoms with Crippen LogP contribution < -0.4 is 5.32 Å². The number of nitrogens with one attached hydrogen (secondary N) is 1. The van der Waals surface area contributed by atoms with Crippen molar-refractivity contribution < 1.29 is 15.8 Å². The number of hydrogen-bond acceptors (Lipinski definition) is 3. The van der Waals surface area contributed by atoms with Crippen molar-refractivity contribution in [3.8, 4) is 0 Å². The van der Waals surface area contributed by atoms with Gasteiger partial charge in [0.05, 0.1) is 7.11 Å². The molecular weight excluding hydrogens is 194 g/mol. The minimum absolute atomic E-state index is 0. The molecule has 0 aromatic heterocycles. The van der Waals surface area contributed by atoms with Crippen molar-refractivity contribution in [1.82, 2.24) is 5.32 Å². The molecule has 0 aliphatic heterocycles. The summed E-state index contributed by atoms with van der Waals surface area (Å²) in [6.45, 7) is 3.54. The van der Waals surface area contributed by atoms with Crippen molar-refractivity contribution in [2.75, 3.05) is 7.11 Å². The Hall–Kier alpha value is -1.06. The molecule has 4 nitrogen and oxygen atoms in total. The van der Waals surface area contributed by atoms with E-state index in [2.05, 4.69) is 17.0 Å². The molecule has 0 aromatic rings. The van der Waals surface area contributed by atoms with Crippen molar-refractivity contribution in [3.05, 3.63) is 0 Å². The summed E-state index contributed by atoms with van der Waals surface area (Å²) in [6.07, 6.45) is 5.00. The Morgan fingerprint density at radius 2 is 2.00 bits per heavy atom. The first-order valence-electron chi connectivity index (χ1n) is 5.46. The lowest BCUT2D eigenvalue weighted by Crippen LogP contribution is -2.40. The molecule has 0 spiro atoms. The summed E-state index contributed by atoms with van der Waals surface area (Å²) in [5, 5.41) is 2.59. The highest BCUT2D eigenvalue weighted by Gasteiger charge is 2.18. The van der Waals surface area contributed by atoms with E-state index in [1.165, 1.54) is 14.0 Å². The first kappa shape index (κ1) is 13.9. The van der Waals surface area contributed by atoms with Gasteiger partial charge < -0.3 is 10.1 Å². The zero-order valence-corrected chi connectivity index (χ0v) is 9.84. The van der Waals surface area contributed by atoms with Crippen molar-refractivity contribution in [3.63, 3.8) is 0 Å². The quantitative estimate of drug-likeness (QED) is 0.523. The van der Waals surface area contributed by atoms with Crippen LogP contribution in [0.5, 0.6) is 0 Å². The van der Waals surface area contributed by atoms with Gasteiger partial charge in [-0.1, -0.05) is 32.6 Å². The molecule has 0 saturated carbocycles. The standard InChI is InChI=1S/C11H21NO3.H2/c1-4-5-6-7-8-10(11(14)15-3)12-9(2)13;/h10H,4-8H2,1-3H3,(H,12,13);1H/t10-;/m0./s1. The van der Waals surface area contributed by atoms with Gasteiger partial charge in [0.2, 0.25) is 5.91 Å². The van der Waals surface area contributed by atoms with Gasteiger partial charge in [-0.3, -0.25) is 4.79 Å². The molecule has 0 aromatic carbocycles. The highest BCUT2D eigenvalue weighted by atomic mass is 16.5. The predicted octanol–water partition coefficient (Wildman–Crippen LogP) is 1.88. The molecule has 1 N–H and O–H groups in total. The largest absolute Gasteiger partial charge is 0.467 e. The van der Waals surface area contributed by atoms with E-state index in [-0.39, 0.29) is 13.3 Å². The number of rotatable bonds is 7. The number of ether oxygens (including phenoxy) is 1. The van der Waals surface area contributed by atoms with Gasteiger partial charge in [0, 0.05) is 8.35 Å². The summed E-state index contributed by atoms with van der Waals surface area (Å²) in [5.74, 6) is -0.553. The van der Waals surface area contributed by atoms with Gasteiger partial charge in [-0.05, 0) is 6.42 Å². The third-order valence-electron chi connectivity index (χ3n) is 2.21. The van der Waals surface area contributed by atoms with Gasteiger partial charge in [-0.15, -0.1) is 0 Å². The Morgan fingerprint density at radius 1 is 1.33 bits per heavy atom. The zero-order valence-electron chi connectivity index (χ0n) is 9.84. The number of carbonyl (C=O) groups is 2. The van der Waals surface area contributed by atoms with Crippen LogP contribution in [0.2, 0.25) is 0 Å². The van der Waals surface area contributed by atoms with Gasteiger partial charge in [0.25, 0.3) is 0 Å². The Balaban J connectivity index is 0. The molecule has 0 aliphatic carbocycles. The van der Waals surface area contributed by atoms with Crippen LogP contribution in [0, 0.1) is 0 Å². The van der Waals surface area contributed by atoms with E-state index in [1.807, 2.05) is 0 Å². The van der Waals surface area contributed by atoms with Crippen molar-refractivity contribution in [1.29, 1.82) is 0 Å². The fraction of sp³-hybridized carbons (Fsp3) is 0.818. The SMILES string of the molecule is CCCCCC[C@H](NC(C)=O)C(=O)OC.[HH]. The van der Waals surface area contributed by atoms with Gasteiger partial charge in [-0.2, -0.15) is 0 Å². The van der Waals surface area contributed by atoms with Gasteiger partial charge in [0.1, 0.15) is 6.04 Å². The summed E-state index contributed by atoms with van der Waals surface area (Å²) < 4.78 is 4.62. The average Bonchev–Trinajstić information content (AvgIpc) is 2.21. The van der Waals surface area contributed by atoms with Gasteiger partial charge >= 0.3 is 5.97 Å². The summed E-state index contributed by atoms with van der Waals surface area (Å²) in [4.78, 5) is 22.1. The molecule has 0 radical (unpaired) electrons. The van der Waals surface area contributed by atoms with Crippen LogP contribution in [0.25, 0.3) is 0 Å². The highest BCUT2D eigenvalue weighted by Crippen LogP contribution is 2.06. The van der Waals surface area contributed by atoms with Crippen LogP contribution in [0.15, 0.2) is 0 Å². The number of amides is 1. The van der Waals surface area contributed by atoms with E-state index < -0.39 is 6.04 Å². The number of carbonyl (C=O) groups excluding carboxylic acids is 2. The molecule has 0 fully saturated rings. The average molecular weight is 217 g/mol. The molecule has 4 heteroatoms. The maximum Gasteiger partial charge on any atom is 0.328 e. The Labute approximate surface area is 92.9 Å². The summed E-state index contributed by atoms with van der Waals surface area (Å²) in [5.41, 5.74) is 0. The van der Waals surface area contributed by atoms with Crippen molar-refractivity contribution in [2.45, 2.75) is 52.0 Å². The first-order chi connectivity index (χ1) is 7.11. The molecule has 15 heavy (non-hydrogen) atoms.